The van der Waals surface area contributed by atoms with Crippen LogP contribution in [0.1, 0.15) is 71.4 Å². The Kier molecular flexibility index (Phi) is 8.60. The molecule has 2 amide bonds. The van der Waals surface area contributed by atoms with E-state index < -0.39 is 29.7 Å². The van der Waals surface area contributed by atoms with Gasteiger partial charge in [-0.05, 0) is 92.9 Å². The smallest absolute Gasteiger partial charge is 0.254 e. The summed E-state index contributed by atoms with van der Waals surface area (Å²) >= 11 is 0. The van der Waals surface area contributed by atoms with E-state index in [4.69, 9.17) is 0 Å². The van der Waals surface area contributed by atoms with E-state index in [1.807, 2.05) is 11.8 Å². The molecule has 5 atom stereocenters. The second kappa shape index (κ2) is 11.7. The SMILES string of the molecule is CC[C@H]1CCCN1C(=O)c1cc(C)cc(C(=O)N[C@@H](Cc2cc(F)cc(F)c2)[C@H](O)[C@H]2C[C@@H](C)CN2)c1. The van der Waals surface area contributed by atoms with E-state index in [0.717, 1.165) is 43.9 Å². The third kappa shape index (κ3) is 6.54. The van der Waals surface area contributed by atoms with Crippen LogP contribution in [0.3, 0.4) is 0 Å². The maximum Gasteiger partial charge on any atom is 0.254 e. The molecule has 8 heteroatoms. The van der Waals surface area contributed by atoms with Crippen molar-refractivity contribution in [3.63, 3.8) is 0 Å². The molecule has 0 aliphatic carbocycles. The summed E-state index contributed by atoms with van der Waals surface area (Å²) in [6.45, 7) is 7.43. The molecule has 6 nitrogen and oxygen atoms in total. The molecule has 37 heavy (non-hydrogen) atoms. The number of aryl methyl sites for hydroxylation is 1. The fraction of sp³-hybridized carbons (Fsp3) is 0.517. The molecule has 0 saturated carbocycles. The highest BCUT2D eigenvalue weighted by atomic mass is 19.1. The van der Waals surface area contributed by atoms with Crippen molar-refractivity contribution in [1.29, 1.82) is 0 Å². The van der Waals surface area contributed by atoms with E-state index in [1.165, 1.54) is 12.1 Å². The second-order valence-corrected chi connectivity index (χ2v) is 10.7. The zero-order valence-corrected chi connectivity index (χ0v) is 21.8. The largest absolute Gasteiger partial charge is 0.389 e. The number of nitrogens with zero attached hydrogens (tertiary/aromatic N) is 1. The summed E-state index contributed by atoms with van der Waals surface area (Å²) in [4.78, 5) is 28.6. The van der Waals surface area contributed by atoms with Gasteiger partial charge in [0, 0.05) is 35.8 Å². The van der Waals surface area contributed by atoms with Crippen molar-refractivity contribution < 1.29 is 23.5 Å². The Bertz CT molecular complexity index is 1120. The van der Waals surface area contributed by atoms with E-state index in [2.05, 4.69) is 24.5 Å². The Labute approximate surface area is 217 Å². The van der Waals surface area contributed by atoms with Crippen molar-refractivity contribution in [2.75, 3.05) is 13.1 Å². The van der Waals surface area contributed by atoms with E-state index in [0.29, 0.717) is 29.2 Å². The molecule has 2 aliphatic heterocycles. The quantitative estimate of drug-likeness (QED) is 0.499. The third-order valence-corrected chi connectivity index (χ3v) is 7.60. The van der Waals surface area contributed by atoms with E-state index in [1.54, 1.807) is 18.2 Å². The maximum absolute atomic E-state index is 13.9. The summed E-state index contributed by atoms with van der Waals surface area (Å²) in [5, 5.41) is 17.4. The monoisotopic (exact) mass is 513 g/mol. The van der Waals surface area contributed by atoms with Gasteiger partial charge in [0.25, 0.3) is 11.8 Å². The van der Waals surface area contributed by atoms with Crippen molar-refractivity contribution >= 4 is 11.8 Å². The van der Waals surface area contributed by atoms with Gasteiger partial charge in [-0.1, -0.05) is 13.8 Å². The fourth-order valence-corrected chi connectivity index (χ4v) is 5.72. The maximum atomic E-state index is 13.9. The number of rotatable bonds is 8. The lowest BCUT2D eigenvalue weighted by atomic mass is 9.93. The van der Waals surface area contributed by atoms with Crippen molar-refractivity contribution in [1.82, 2.24) is 15.5 Å². The minimum Gasteiger partial charge on any atom is -0.389 e. The summed E-state index contributed by atoms with van der Waals surface area (Å²) in [6, 6.07) is 7.46. The van der Waals surface area contributed by atoms with Crippen LogP contribution in [0.5, 0.6) is 0 Å². The molecular weight excluding hydrogens is 476 g/mol. The standard InChI is InChI=1S/C29H37F2N3O3/c1-4-24-6-5-7-34(24)29(37)21-9-17(2)8-20(14-21)28(36)33-26(27(35)25-10-18(3)16-32-25)13-19-11-22(30)15-23(31)12-19/h8-9,11-12,14-15,18,24-27,32,35H,4-7,10,13,16H2,1-3H3,(H,33,36)/t18-,24+,25-,26+,27-/m1/s1. The summed E-state index contributed by atoms with van der Waals surface area (Å²) in [5.74, 6) is -1.59. The topological polar surface area (TPSA) is 81.7 Å². The Balaban J connectivity index is 1.57. The van der Waals surface area contributed by atoms with Gasteiger partial charge in [-0.2, -0.15) is 0 Å². The van der Waals surface area contributed by atoms with Crippen LogP contribution in [-0.4, -0.2) is 59.1 Å². The number of aliphatic hydroxyl groups excluding tert-OH is 1. The summed E-state index contributed by atoms with van der Waals surface area (Å²) in [6.07, 6.45) is 2.65. The molecule has 2 saturated heterocycles. The average Bonchev–Trinajstić information content (AvgIpc) is 3.50. The molecule has 2 heterocycles. The average molecular weight is 514 g/mol. The van der Waals surface area contributed by atoms with Crippen molar-refractivity contribution in [2.45, 2.75) is 77.1 Å². The van der Waals surface area contributed by atoms with Crippen molar-refractivity contribution in [3.05, 3.63) is 70.3 Å². The van der Waals surface area contributed by atoms with Crippen LogP contribution in [0.4, 0.5) is 8.78 Å². The molecule has 0 spiro atoms. The molecule has 3 N–H and O–H groups in total. The molecule has 2 aliphatic rings. The second-order valence-electron chi connectivity index (χ2n) is 10.7. The summed E-state index contributed by atoms with van der Waals surface area (Å²) in [7, 11) is 0. The molecule has 0 radical (unpaired) electrons. The zero-order chi connectivity index (χ0) is 26.7. The number of likely N-dealkylation sites (tertiary alicyclic amines) is 1. The van der Waals surface area contributed by atoms with Gasteiger partial charge in [-0.25, -0.2) is 8.78 Å². The van der Waals surface area contributed by atoms with E-state index in [-0.39, 0.29) is 24.4 Å². The van der Waals surface area contributed by atoms with Gasteiger partial charge < -0.3 is 20.6 Å². The first-order chi connectivity index (χ1) is 17.6. The Morgan fingerprint density at radius 1 is 1.14 bits per heavy atom. The highest BCUT2D eigenvalue weighted by Gasteiger charge is 2.34. The molecule has 2 fully saturated rings. The van der Waals surface area contributed by atoms with Gasteiger partial charge in [0.1, 0.15) is 11.6 Å². The van der Waals surface area contributed by atoms with Crippen LogP contribution >= 0.6 is 0 Å². The first-order valence-electron chi connectivity index (χ1n) is 13.2. The minimum absolute atomic E-state index is 0.0533. The first-order valence-corrected chi connectivity index (χ1v) is 13.2. The van der Waals surface area contributed by atoms with Crippen LogP contribution in [0.15, 0.2) is 36.4 Å². The summed E-state index contributed by atoms with van der Waals surface area (Å²) < 4.78 is 27.7. The molecule has 4 rings (SSSR count). The number of carbonyl (C=O) groups excluding carboxylic acids is 2. The van der Waals surface area contributed by atoms with E-state index in [9.17, 15) is 23.5 Å². The number of aliphatic hydroxyl groups is 1. The molecule has 0 unspecified atom stereocenters. The van der Waals surface area contributed by atoms with Crippen LogP contribution in [0.2, 0.25) is 0 Å². The van der Waals surface area contributed by atoms with Crippen LogP contribution in [-0.2, 0) is 6.42 Å². The Hall–Kier alpha value is -2.84. The van der Waals surface area contributed by atoms with Crippen LogP contribution in [0, 0.1) is 24.5 Å². The molecule has 200 valence electrons. The van der Waals surface area contributed by atoms with Gasteiger partial charge in [0.2, 0.25) is 0 Å². The lowest BCUT2D eigenvalue weighted by molar-refractivity contribution is 0.0730. The van der Waals surface area contributed by atoms with Gasteiger partial charge in [-0.15, -0.1) is 0 Å². The highest BCUT2D eigenvalue weighted by Crippen LogP contribution is 2.24. The van der Waals surface area contributed by atoms with Crippen LogP contribution < -0.4 is 10.6 Å². The normalized spacial score (nSPS) is 23.2. The molecule has 0 bridgehead atoms. The molecule has 2 aromatic rings. The number of nitrogens with one attached hydrogen (secondary N) is 2. The molecular formula is C29H37F2N3O3. The first kappa shape index (κ1) is 27.2. The Morgan fingerprint density at radius 3 is 2.49 bits per heavy atom. The lowest BCUT2D eigenvalue weighted by Crippen LogP contribution is -2.52. The minimum atomic E-state index is -0.971. The number of amides is 2. The number of hydrogen-bond acceptors (Lipinski definition) is 4. The summed E-state index contributed by atoms with van der Waals surface area (Å²) in [5.41, 5.74) is 1.89. The lowest BCUT2D eigenvalue weighted by Gasteiger charge is -2.29. The van der Waals surface area contributed by atoms with Gasteiger partial charge in [0.05, 0.1) is 12.1 Å². The predicted molar refractivity (Wildman–Crippen MR) is 138 cm³/mol. The predicted octanol–water partition coefficient (Wildman–Crippen LogP) is 3.99. The highest BCUT2D eigenvalue weighted by molar-refractivity contribution is 6.00. The van der Waals surface area contributed by atoms with Gasteiger partial charge in [-0.3, -0.25) is 9.59 Å². The number of benzene rings is 2. The third-order valence-electron chi connectivity index (χ3n) is 7.60. The van der Waals surface area contributed by atoms with Crippen molar-refractivity contribution in [2.24, 2.45) is 5.92 Å². The molecule has 2 aromatic carbocycles. The fourth-order valence-electron chi connectivity index (χ4n) is 5.72. The number of carbonyl (C=O) groups is 2. The van der Waals surface area contributed by atoms with E-state index >= 15 is 0 Å². The van der Waals surface area contributed by atoms with Gasteiger partial charge >= 0.3 is 0 Å². The molecule has 0 aromatic heterocycles. The van der Waals surface area contributed by atoms with Gasteiger partial charge in [0.15, 0.2) is 0 Å². The number of hydrogen-bond donors (Lipinski definition) is 3. The number of halogens is 2. The zero-order valence-electron chi connectivity index (χ0n) is 21.8. The van der Waals surface area contributed by atoms with Crippen LogP contribution in [0.25, 0.3) is 0 Å². The Morgan fingerprint density at radius 2 is 1.84 bits per heavy atom. The van der Waals surface area contributed by atoms with Crippen molar-refractivity contribution in [3.8, 4) is 0 Å².